The molecule has 0 saturated heterocycles. The highest BCUT2D eigenvalue weighted by Gasteiger charge is 2.18. The Labute approximate surface area is 183 Å². The Bertz CT molecular complexity index is 1370. The van der Waals surface area contributed by atoms with Gasteiger partial charge in [-0.15, -0.1) is 0 Å². The Balaban J connectivity index is 1.66. The van der Waals surface area contributed by atoms with E-state index in [0.29, 0.717) is 28.0 Å². The molecule has 8 nitrogen and oxygen atoms in total. The summed E-state index contributed by atoms with van der Waals surface area (Å²) in [4.78, 5) is 16.4. The van der Waals surface area contributed by atoms with Crippen molar-refractivity contribution in [1.29, 1.82) is 0 Å². The Morgan fingerprint density at radius 2 is 1.87 bits per heavy atom. The number of carbonyl (C=O) groups excluding carboxylic acids is 1. The fourth-order valence-electron chi connectivity index (χ4n) is 3.22. The maximum absolute atomic E-state index is 12.5. The average molecular weight is 456 g/mol. The van der Waals surface area contributed by atoms with Crippen LogP contribution in [0.4, 0.5) is 5.69 Å². The Hall–Kier alpha value is -3.27. The van der Waals surface area contributed by atoms with Crippen molar-refractivity contribution in [3.63, 3.8) is 0 Å². The van der Waals surface area contributed by atoms with E-state index in [1.54, 1.807) is 53.6 Å². The van der Waals surface area contributed by atoms with Crippen LogP contribution >= 0.6 is 11.6 Å². The van der Waals surface area contributed by atoms with Gasteiger partial charge in [0.1, 0.15) is 0 Å². The zero-order valence-corrected chi connectivity index (χ0v) is 17.8. The minimum Gasteiger partial charge on any atom is -0.326 e. The monoisotopic (exact) mass is 455 g/mol. The molecular formula is C21H18ClN5O3S. The number of halogens is 1. The van der Waals surface area contributed by atoms with E-state index in [1.807, 2.05) is 12.1 Å². The fourth-order valence-corrected chi connectivity index (χ4v) is 4.18. The van der Waals surface area contributed by atoms with E-state index < -0.39 is 10.0 Å². The molecule has 0 aliphatic heterocycles. The normalized spacial score (nSPS) is 11.5. The van der Waals surface area contributed by atoms with Gasteiger partial charge in [0.25, 0.3) is 0 Å². The van der Waals surface area contributed by atoms with E-state index in [-0.39, 0.29) is 22.9 Å². The minimum atomic E-state index is -4.05. The van der Waals surface area contributed by atoms with Crippen molar-refractivity contribution < 1.29 is 13.2 Å². The van der Waals surface area contributed by atoms with Crippen LogP contribution < -0.4 is 10.5 Å². The number of nitrogens with zero attached hydrogens (tertiary/aromatic N) is 3. The first-order valence-corrected chi connectivity index (χ1v) is 11.2. The molecule has 0 saturated carbocycles. The largest absolute Gasteiger partial charge is 0.326 e. The molecule has 0 unspecified atom stereocenters. The number of carbonyl (C=O) groups is 1. The number of nitrogens with one attached hydrogen (secondary N) is 1. The van der Waals surface area contributed by atoms with Crippen LogP contribution in [0.5, 0.6) is 0 Å². The first-order chi connectivity index (χ1) is 14.8. The second kappa shape index (κ2) is 8.46. The van der Waals surface area contributed by atoms with Crippen LogP contribution in [0, 0.1) is 0 Å². The average Bonchev–Trinajstić information content (AvgIpc) is 3.11. The molecule has 10 heteroatoms. The summed E-state index contributed by atoms with van der Waals surface area (Å²) in [6.07, 6.45) is 4.99. The number of sulfonamides is 1. The Morgan fingerprint density at radius 3 is 2.58 bits per heavy atom. The van der Waals surface area contributed by atoms with Crippen molar-refractivity contribution in [1.82, 2.24) is 14.8 Å². The molecule has 0 spiro atoms. The molecule has 0 radical (unpaired) electrons. The second-order valence-electron chi connectivity index (χ2n) is 6.95. The summed E-state index contributed by atoms with van der Waals surface area (Å²) in [7, 11) is -4.05. The molecule has 0 bridgehead atoms. The molecule has 158 valence electrons. The van der Waals surface area contributed by atoms with Crippen molar-refractivity contribution in [2.75, 3.05) is 5.32 Å². The number of primary sulfonamides is 1. The summed E-state index contributed by atoms with van der Waals surface area (Å²) in [6.45, 7) is 0.426. The van der Waals surface area contributed by atoms with Crippen molar-refractivity contribution >= 4 is 44.1 Å². The number of rotatable bonds is 6. The van der Waals surface area contributed by atoms with Crippen LogP contribution in [0.2, 0.25) is 5.02 Å². The third-order valence-electron chi connectivity index (χ3n) is 4.63. The molecule has 1 amide bonds. The third kappa shape index (κ3) is 4.91. The number of hydrogen-bond donors (Lipinski definition) is 2. The van der Waals surface area contributed by atoms with Crippen LogP contribution in [0.25, 0.3) is 10.9 Å². The molecule has 0 aliphatic carbocycles. The first-order valence-electron chi connectivity index (χ1n) is 9.26. The van der Waals surface area contributed by atoms with Crippen molar-refractivity contribution in [3.05, 3.63) is 83.3 Å². The predicted molar refractivity (Wildman–Crippen MR) is 118 cm³/mol. The molecule has 0 aliphatic rings. The number of nitrogens with two attached hydrogens (primary N) is 1. The smallest absolute Gasteiger partial charge is 0.238 e. The molecule has 31 heavy (non-hydrogen) atoms. The zero-order valence-electron chi connectivity index (χ0n) is 16.2. The van der Waals surface area contributed by atoms with E-state index in [1.165, 1.54) is 6.07 Å². The van der Waals surface area contributed by atoms with Gasteiger partial charge in [0.05, 0.1) is 23.4 Å². The number of benzene rings is 2. The standard InChI is InChI=1S/C21H18ClN5O3S/c22-18-4-2-1-3-15(18)9-21(28)25-16-10-19-17(20(11-16)31(23,29)30)13-27(26-19)12-14-5-7-24-8-6-14/h1-8,10-11,13H,9,12H2,(H,25,28)(H2,23,29,30). The SMILES string of the molecule is NS(=O)(=O)c1cc(NC(=O)Cc2ccccc2Cl)cc2nn(Cc3ccncc3)cc12. The lowest BCUT2D eigenvalue weighted by Crippen LogP contribution is -2.16. The maximum Gasteiger partial charge on any atom is 0.238 e. The molecule has 4 rings (SSSR count). The first kappa shape index (κ1) is 21.0. The van der Waals surface area contributed by atoms with Gasteiger partial charge in [-0.2, -0.15) is 5.10 Å². The highest BCUT2D eigenvalue weighted by molar-refractivity contribution is 7.89. The molecule has 0 atom stereocenters. The third-order valence-corrected chi connectivity index (χ3v) is 5.95. The number of anilines is 1. The van der Waals surface area contributed by atoms with Gasteiger partial charge in [0.15, 0.2) is 0 Å². The van der Waals surface area contributed by atoms with Gasteiger partial charge in [0.2, 0.25) is 15.9 Å². The van der Waals surface area contributed by atoms with E-state index >= 15 is 0 Å². The predicted octanol–water partition coefficient (Wildman–Crippen LogP) is 2.96. The summed E-state index contributed by atoms with van der Waals surface area (Å²) in [6, 6.07) is 13.6. The molecule has 2 aromatic heterocycles. The summed E-state index contributed by atoms with van der Waals surface area (Å²) >= 11 is 6.11. The van der Waals surface area contributed by atoms with Crippen molar-refractivity contribution in [2.24, 2.45) is 5.14 Å². The highest BCUT2D eigenvalue weighted by Crippen LogP contribution is 2.27. The number of aromatic nitrogens is 3. The molecule has 2 heterocycles. The van der Waals surface area contributed by atoms with E-state index in [4.69, 9.17) is 16.7 Å². The van der Waals surface area contributed by atoms with Gasteiger partial charge in [0, 0.05) is 34.7 Å². The molecule has 2 aromatic carbocycles. The summed E-state index contributed by atoms with van der Waals surface area (Å²) < 4.78 is 26.0. The lowest BCUT2D eigenvalue weighted by atomic mass is 10.1. The molecular weight excluding hydrogens is 438 g/mol. The van der Waals surface area contributed by atoms with Crippen LogP contribution in [-0.4, -0.2) is 29.1 Å². The number of hydrogen-bond acceptors (Lipinski definition) is 5. The van der Waals surface area contributed by atoms with E-state index in [2.05, 4.69) is 15.4 Å². The van der Waals surface area contributed by atoms with Gasteiger partial charge < -0.3 is 5.32 Å². The number of amides is 1. The highest BCUT2D eigenvalue weighted by atomic mass is 35.5. The minimum absolute atomic E-state index is 0.0406. The summed E-state index contributed by atoms with van der Waals surface area (Å²) in [5, 5.41) is 13.4. The van der Waals surface area contributed by atoms with Gasteiger partial charge >= 0.3 is 0 Å². The Morgan fingerprint density at radius 1 is 1.13 bits per heavy atom. The fraction of sp³-hybridized carbons (Fsp3) is 0.0952. The zero-order chi connectivity index (χ0) is 22.0. The Kier molecular flexibility index (Phi) is 5.73. The van der Waals surface area contributed by atoms with Gasteiger partial charge in [-0.3, -0.25) is 14.5 Å². The van der Waals surface area contributed by atoms with Crippen molar-refractivity contribution in [2.45, 2.75) is 17.9 Å². The maximum atomic E-state index is 12.5. The number of fused-ring (bicyclic) bond motifs is 1. The lowest BCUT2D eigenvalue weighted by Gasteiger charge is -2.08. The van der Waals surface area contributed by atoms with E-state index in [0.717, 1.165) is 5.56 Å². The quantitative estimate of drug-likeness (QED) is 0.463. The summed E-state index contributed by atoms with van der Waals surface area (Å²) in [5.74, 6) is -0.343. The van der Waals surface area contributed by atoms with Crippen LogP contribution in [0.1, 0.15) is 11.1 Å². The molecule has 3 N–H and O–H groups in total. The topological polar surface area (TPSA) is 120 Å². The van der Waals surface area contributed by atoms with Crippen LogP contribution in [0.3, 0.4) is 0 Å². The molecule has 4 aromatic rings. The van der Waals surface area contributed by atoms with Gasteiger partial charge in [-0.05, 0) is 41.5 Å². The molecule has 0 fully saturated rings. The lowest BCUT2D eigenvalue weighted by molar-refractivity contribution is -0.115. The van der Waals surface area contributed by atoms with Gasteiger partial charge in [-0.25, -0.2) is 13.6 Å². The number of pyridine rings is 1. The van der Waals surface area contributed by atoms with E-state index in [9.17, 15) is 13.2 Å². The summed E-state index contributed by atoms with van der Waals surface area (Å²) in [5.41, 5.74) is 2.29. The van der Waals surface area contributed by atoms with Crippen LogP contribution in [-0.2, 0) is 27.8 Å². The second-order valence-corrected chi connectivity index (χ2v) is 8.89. The van der Waals surface area contributed by atoms with Gasteiger partial charge in [-0.1, -0.05) is 29.8 Å². The van der Waals surface area contributed by atoms with Crippen molar-refractivity contribution in [3.8, 4) is 0 Å². The van der Waals surface area contributed by atoms with Crippen LogP contribution in [0.15, 0.2) is 72.0 Å².